The number of rotatable bonds is 6. The van der Waals surface area contributed by atoms with Crippen molar-refractivity contribution in [2.75, 3.05) is 6.54 Å². The number of carboxylic acids is 1. The number of aryl methyl sites for hydroxylation is 2. The second-order valence-electron chi connectivity index (χ2n) is 8.14. The van der Waals surface area contributed by atoms with E-state index in [1.165, 1.54) is 16.7 Å². The zero-order valence-corrected chi connectivity index (χ0v) is 17.1. The summed E-state index contributed by atoms with van der Waals surface area (Å²) in [6.07, 6.45) is 2.49. The van der Waals surface area contributed by atoms with E-state index in [9.17, 15) is 9.90 Å². The second kappa shape index (κ2) is 8.82. The van der Waals surface area contributed by atoms with Crippen LogP contribution in [-0.4, -0.2) is 28.8 Å². The van der Waals surface area contributed by atoms with Crippen molar-refractivity contribution in [3.63, 3.8) is 0 Å². The van der Waals surface area contributed by atoms with Gasteiger partial charge < -0.3 is 15.5 Å². The van der Waals surface area contributed by atoms with Gasteiger partial charge in [0.25, 0.3) is 0 Å². The zero-order chi connectivity index (χ0) is 21.1. The average Bonchev–Trinajstić information content (AvgIpc) is 2.77. The van der Waals surface area contributed by atoms with Crippen LogP contribution in [0.2, 0.25) is 0 Å². The molecular weight excluding hydrogens is 374 g/mol. The van der Waals surface area contributed by atoms with Gasteiger partial charge in [-0.2, -0.15) is 0 Å². The van der Waals surface area contributed by atoms with Gasteiger partial charge in [-0.25, -0.2) is 4.79 Å². The molecule has 30 heavy (non-hydrogen) atoms. The summed E-state index contributed by atoms with van der Waals surface area (Å²) in [7, 11) is 0. The summed E-state index contributed by atoms with van der Waals surface area (Å²) in [5.74, 6) is -0.909. The SMILES string of the molecule is Cc1ccc([C@@H](O)CN[C@H]2CCc3ccc(-c4ccc(C(=O)O)cc4)cc3C2)cc1. The molecule has 0 aliphatic heterocycles. The van der Waals surface area contributed by atoms with Crippen molar-refractivity contribution < 1.29 is 15.0 Å². The van der Waals surface area contributed by atoms with Crippen molar-refractivity contribution >= 4 is 5.97 Å². The monoisotopic (exact) mass is 401 g/mol. The lowest BCUT2D eigenvalue weighted by atomic mass is 9.86. The Bertz CT molecular complexity index is 1030. The summed E-state index contributed by atoms with van der Waals surface area (Å²) >= 11 is 0. The summed E-state index contributed by atoms with van der Waals surface area (Å²) in [6.45, 7) is 2.59. The maximum absolute atomic E-state index is 11.1. The third-order valence-corrected chi connectivity index (χ3v) is 5.96. The quantitative estimate of drug-likeness (QED) is 0.567. The second-order valence-corrected chi connectivity index (χ2v) is 8.14. The number of aromatic carboxylic acids is 1. The Morgan fingerprint density at radius 1 is 1.00 bits per heavy atom. The molecule has 4 nitrogen and oxygen atoms in total. The maximum Gasteiger partial charge on any atom is 0.335 e. The first kappa shape index (κ1) is 20.3. The number of aliphatic hydroxyl groups excluding tert-OH is 1. The third kappa shape index (κ3) is 4.61. The Hall–Kier alpha value is -2.95. The van der Waals surface area contributed by atoms with Crippen LogP contribution in [0.1, 0.15) is 45.1 Å². The lowest BCUT2D eigenvalue weighted by Crippen LogP contribution is -2.37. The van der Waals surface area contributed by atoms with Crippen molar-refractivity contribution in [1.29, 1.82) is 0 Å². The van der Waals surface area contributed by atoms with Gasteiger partial charge in [0.15, 0.2) is 0 Å². The van der Waals surface area contributed by atoms with Crippen LogP contribution < -0.4 is 5.32 Å². The molecular formula is C26H27NO3. The van der Waals surface area contributed by atoms with Crippen LogP contribution in [-0.2, 0) is 12.8 Å². The van der Waals surface area contributed by atoms with E-state index in [-0.39, 0.29) is 0 Å². The molecule has 3 aromatic rings. The van der Waals surface area contributed by atoms with Crippen LogP contribution in [0.4, 0.5) is 0 Å². The molecule has 1 aliphatic rings. The van der Waals surface area contributed by atoms with Crippen LogP contribution in [0.5, 0.6) is 0 Å². The van der Waals surface area contributed by atoms with E-state index in [1.54, 1.807) is 12.1 Å². The molecule has 154 valence electrons. The van der Waals surface area contributed by atoms with Crippen molar-refractivity contribution in [1.82, 2.24) is 5.32 Å². The van der Waals surface area contributed by atoms with E-state index < -0.39 is 12.1 Å². The lowest BCUT2D eigenvalue weighted by Gasteiger charge is -2.27. The van der Waals surface area contributed by atoms with Crippen molar-refractivity contribution in [2.24, 2.45) is 0 Å². The largest absolute Gasteiger partial charge is 0.478 e. The highest BCUT2D eigenvalue weighted by Crippen LogP contribution is 2.28. The molecule has 0 unspecified atom stereocenters. The fourth-order valence-electron chi connectivity index (χ4n) is 4.10. The van der Waals surface area contributed by atoms with Gasteiger partial charge in [0.05, 0.1) is 11.7 Å². The van der Waals surface area contributed by atoms with Gasteiger partial charge in [-0.1, -0.05) is 60.2 Å². The van der Waals surface area contributed by atoms with E-state index >= 15 is 0 Å². The molecule has 3 N–H and O–H groups in total. The number of nitrogens with one attached hydrogen (secondary N) is 1. The van der Waals surface area contributed by atoms with E-state index in [0.717, 1.165) is 36.0 Å². The van der Waals surface area contributed by atoms with Gasteiger partial charge >= 0.3 is 5.97 Å². The highest BCUT2D eigenvalue weighted by Gasteiger charge is 2.20. The molecule has 1 aliphatic carbocycles. The van der Waals surface area contributed by atoms with Crippen molar-refractivity contribution in [2.45, 2.75) is 38.3 Å². The first-order chi connectivity index (χ1) is 14.5. The minimum Gasteiger partial charge on any atom is -0.478 e. The smallest absolute Gasteiger partial charge is 0.335 e. The first-order valence-electron chi connectivity index (χ1n) is 10.4. The van der Waals surface area contributed by atoms with Crippen molar-refractivity contribution in [3.05, 3.63) is 94.5 Å². The summed E-state index contributed by atoms with van der Waals surface area (Å²) < 4.78 is 0. The Balaban J connectivity index is 1.42. The summed E-state index contributed by atoms with van der Waals surface area (Å²) in [5, 5.41) is 23.1. The molecule has 4 heteroatoms. The highest BCUT2D eigenvalue weighted by molar-refractivity contribution is 5.88. The molecule has 0 heterocycles. The predicted octanol–water partition coefficient (Wildman–Crippen LogP) is 4.54. The van der Waals surface area contributed by atoms with Crippen LogP contribution >= 0.6 is 0 Å². The summed E-state index contributed by atoms with van der Waals surface area (Å²) in [5.41, 5.74) is 7.25. The Morgan fingerprint density at radius 3 is 2.40 bits per heavy atom. The highest BCUT2D eigenvalue weighted by atomic mass is 16.4. The molecule has 0 amide bonds. The lowest BCUT2D eigenvalue weighted by molar-refractivity contribution is 0.0697. The minimum absolute atomic E-state index is 0.299. The van der Waals surface area contributed by atoms with Gasteiger partial charge in [0, 0.05) is 12.6 Å². The van der Waals surface area contributed by atoms with Crippen LogP contribution in [0, 0.1) is 6.92 Å². The molecule has 3 aromatic carbocycles. The molecule has 0 saturated carbocycles. The van der Waals surface area contributed by atoms with Crippen LogP contribution in [0.25, 0.3) is 11.1 Å². The zero-order valence-electron chi connectivity index (χ0n) is 17.1. The topological polar surface area (TPSA) is 69.6 Å². The normalized spacial score (nSPS) is 16.7. The molecule has 0 radical (unpaired) electrons. The summed E-state index contributed by atoms with van der Waals surface area (Å²) in [4.78, 5) is 11.1. The number of hydrogen-bond donors (Lipinski definition) is 3. The van der Waals surface area contributed by atoms with Gasteiger partial charge in [-0.15, -0.1) is 0 Å². The van der Waals surface area contributed by atoms with Gasteiger partial charge in [0.2, 0.25) is 0 Å². The van der Waals surface area contributed by atoms with Crippen LogP contribution in [0.15, 0.2) is 66.7 Å². The molecule has 0 fully saturated rings. The molecule has 0 bridgehead atoms. The number of carboxylic acid groups (broad SMARTS) is 1. The summed E-state index contributed by atoms with van der Waals surface area (Å²) in [6, 6.07) is 21.9. The van der Waals surface area contributed by atoms with E-state index in [2.05, 4.69) is 23.5 Å². The Morgan fingerprint density at radius 2 is 1.70 bits per heavy atom. The minimum atomic E-state index is -0.909. The van der Waals surface area contributed by atoms with Gasteiger partial charge in [0.1, 0.15) is 0 Å². The molecule has 2 atom stereocenters. The predicted molar refractivity (Wildman–Crippen MR) is 119 cm³/mol. The van der Waals surface area contributed by atoms with E-state index in [0.29, 0.717) is 18.2 Å². The Kier molecular flexibility index (Phi) is 5.98. The Labute approximate surface area is 177 Å². The standard InChI is InChI=1S/C26H27NO3/c1-17-2-4-20(5-3-17)25(28)16-27-24-13-12-19-8-11-22(14-23(19)15-24)18-6-9-21(10-7-18)26(29)30/h2-11,14,24-25,27-28H,12-13,15-16H2,1H3,(H,29,30)/t24-,25-/m0/s1. The molecule has 0 aromatic heterocycles. The average molecular weight is 402 g/mol. The number of carbonyl (C=O) groups is 1. The fourth-order valence-corrected chi connectivity index (χ4v) is 4.10. The molecule has 4 rings (SSSR count). The number of aliphatic hydroxyl groups is 1. The fraction of sp³-hybridized carbons (Fsp3) is 0.269. The van der Waals surface area contributed by atoms with E-state index in [4.69, 9.17) is 5.11 Å². The number of hydrogen-bond acceptors (Lipinski definition) is 3. The van der Waals surface area contributed by atoms with Gasteiger partial charge in [-0.05, 0) is 66.1 Å². The first-order valence-corrected chi connectivity index (χ1v) is 10.4. The molecule has 0 spiro atoms. The number of fused-ring (bicyclic) bond motifs is 1. The maximum atomic E-state index is 11.1. The third-order valence-electron chi connectivity index (χ3n) is 5.96. The number of benzene rings is 3. The molecule has 0 saturated heterocycles. The van der Waals surface area contributed by atoms with E-state index in [1.807, 2.05) is 43.3 Å². The van der Waals surface area contributed by atoms with Crippen molar-refractivity contribution in [3.8, 4) is 11.1 Å². The van der Waals surface area contributed by atoms with Gasteiger partial charge in [-0.3, -0.25) is 0 Å². The van der Waals surface area contributed by atoms with Crippen LogP contribution in [0.3, 0.4) is 0 Å².